The summed E-state index contributed by atoms with van der Waals surface area (Å²) < 4.78 is -1.93. The van der Waals surface area contributed by atoms with Crippen molar-refractivity contribution in [3.63, 3.8) is 0 Å². The van der Waals surface area contributed by atoms with Crippen molar-refractivity contribution in [1.82, 2.24) is 4.98 Å². The highest BCUT2D eigenvalue weighted by atomic mass is 35.5. The smallest absolute Gasteiger partial charge is 0.241 e. The maximum Gasteiger partial charge on any atom is 0.241 e. The van der Waals surface area contributed by atoms with E-state index >= 15 is 0 Å². The van der Waals surface area contributed by atoms with Gasteiger partial charge in [0, 0.05) is 5.69 Å². The number of imide groups is 1. The average molecular weight is 461 g/mol. The molecule has 4 rings (SSSR count). The molecule has 2 bridgehead atoms. The number of aromatic nitrogens is 1. The van der Waals surface area contributed by atoms with Crippen molar-refractivity contribution in [2.75, 3.05) is 4.90 Å². The fourth-order valence-corrected chi connectivity index (χ4v) is 6.80. The van der Waals surface area contributed by atoms with Gasteiger partial charge in [-0.1, -0.05) is 52.5 Å². The first-order chi connectivity index (χ1) is 11.5. The molecule has 2 fully saturated rings. The zero-order chi connectivity index (χ0) is 18.5. The minimum Gasteiger partial charge on any atom is -0.274 e. The van der Waals surface area contributed by atoms with E-state index in [0.29, 0.717) is 5.69 Å². The monoisotopic (exact) mass is 458 g/mol. The van der Waals surface area contributed by atoms with Gasteiger partial charge in [0.1, 0.15) is 15.6 Å². The van der Waals surface area contributed by atoms with E-state index in [1.165, 1.54) is 0 Å². The Hall–Kier alpha value is -0.230. The van der Waals surface area contributed by atoms with Crippen LogP contribution in [-0.4, -0.2) is 30.9 Å². The summed E-state index contributed by atoms with van der Waals surface area (Å²) in [5.74, 6) is -3.35. The SMILES string of the molecule is Cc1cccc(N2C(=O)[C@@H]3[C@H](C2=O)[C@]2(Cl)C(Cl)=C(Cl)[C@]3(Cl)C2(Cl)Cl)n1. The maximum atomic E-state index is 13.1. The van der Waals surface area contributed by atoms with Crippen LogP contribution in [0.25, 0.3) is 0 Å². The van der Waals surface area contributed by atoms with Gasteiger partial charge in [-0.05, 0) is 19.1 Å². The van der Waals surface area contributed by atoms with Crippen molar-refractivity contribution >= 4 is 87.2 Å². The summed E-state index contributed by atoms with van der Waals surface area (Å²) in [7, 11) is 0. The molecule has 4 nitrogen and oxygen atoms in total. The van der Waals surface area contributed by atoms with E-state index in [2.05, 4.69) is 4.98 Å². The highest BCUT2D eigenvalue weighted by Gasteiger charge is 2.87. The summed E-state index contributed by atoms with van der Waals surface area (Å²) in [4.78, 5) is 27.7. The first-order valence-corrected chi connectivity index (χ1v) is 9.41. The Kier molecular flexibility index (Phi) is 3.76. The van der Waals surface area contributed by atoms with Gasteiger partial charge in [0.15, 0.2) is 4.33 Å². The van der Waals surface area contributed by atoms with Crippen LogP contribution in [0.4, 0.5) is 5.82 Å². The van der Waals surface area contributed by atoms with Gasteiger partial charge in [-0.25, -0.2) is 9.88 Å². The molecule has 25 heavy (non-hydrogen) atoms. The molecular formula is C15H8Cl6N2O2. The molecule has 1 aromatic heterocycles. The van der Waals surface area contributed by atoms with Gasteiger partial charge in [-0.15, -0.1) is 23.2 Å². The summed E-state index contributed by atoms with van der Waals surface area (Å²) in [6.07, 6.45) is 0. The number of anilines is 1. The highest BCUT2D eigenvalue weighted by Crippen LogP contribution is 2.77. The number of rotatable bonds is 1. The van der Waals surface area contributed by atoms with Crippen molar-refractivity contribution in [2.45, 2.75) is 21.0 Å². The zero-order valence-electron chi connectivity index (χ0n) is 12.4. The third-order valence-electron chi connectivity index (χ3n) is 5.01. The molecule has 0 radical (unpaired) electrons. The number of allylic oxidation sites excluding steroid dienone is 2. The number of hydrogen-bond acceptors (Lipinski definition) is 3. The van der Waals surface area contributed by atoms with E-state index in [-0.39, 0.29) is 15.9 Å². The molecule has 10 heteroatoms. The number of nitrogens with zero attached hydrogens (tertiary/aromatic N) is 2. The molecule has 1 aromatic rings. The van der Waals surface area contributed by atoms with Crippen LogP contribution in [0.2, 0.25) is 0 Å². The van der Waals surface area contributed by atoms with Gasteiger partial charge < -0.3 is 0 Å². The van der Waals surface area contributed by atoms with E-state index in [1.54, 1.807) is 25.1 Å². The Morgan fingerprint density at radius 3 is 1.88 bits per heavy atom. The Balaban J connectivity index is 1.92. The summed E-state index contributed by atoms with van der Waals surface area (Å²) in [6, 6.07) is 4.96. The molecular weight excluding hydrogens is 453 g/mol. The number of hydrogen-bond donors (Lipinski definition) is 0. The van der Waals surface area contributed by atoms with Crippen LogP contribution in [0.3, 0.4) is 0 Å². The molecule has 1 aliphatic heterocycles. The summed E-state index contributed by atoms with van der Waals surface area (Å²) in [5.41, 5.74) is 0.637. The lowest BCUT2D eigenvalue weighted by Crippen LogP contribution is -2.50. The van der Waals surface area contributed by atoms with Gasteiger partial charge in [0.2, 0.25) is 11.8 Å². The lowest BCUT2D eigenvalue weighted by atomic mass is 9.84. The van der Waals surface area contributed by atoms with Gasteiger partial charge in [0.25, 0.3) is 0 Å². The minimum absolute atomic E-state index is 0.114. The number of halogens is 6. The molecule has 1 saturated heterocycles. The predicted molar refractivity (Wildman–Crippen MR) is 98.8 cm³/mol. The number of fused-ring (bicyclic) bond motifs is 5. The fraction of sp³-hybridized carbons (Fsp3) is 0.400. The Bertz CT molecular complexity index is 841. The van der Waals surface area contributed by atoms with E-state index < -0.39 is 37.7 Å². The molecule has 2 aliphatic carbocycles. The number of amides is 2. The molecule has 2 heterocycles. The first kappa shape index (κ1) is 18.1. The molecule has 1 saturated carbocycles. The van der Waals surface area contributed by atoms with Crippen LogP contribution >= 0.6 is 69.6 Å². The third kappa shape index (κ3) is 1.77. The maximum absolute atomic E-state index is 13.1. The second-order valence-corrected chi connectivity index (χ2v) is 9.51. The van der Waals surface area contributed by atoms with Crippen LogP contribution in [0.1, 0.15) is 5.69 Å². The Morgan fingerprint density at radius 1 is 0.960 bits per heavy atom. The van der Waals surface area contributed by atoms with Gasteiger partial charge in [0.05, 0.1) is 21.9 Å². The van der Waals surface area contributed by atoms with Gasteiger partial charge in [-0.3, -0.25) is 9.59 Å². The number of aryl methyl sites for hydroxylation is 1. The standard InChI is InChI=1S/C15H8Cl6N2O2/c1-5-3-2-4-6(22-5)23-11(24)7-8(12(23)25)14(19)10(17)9(16)13(7,18)15(14,20)21/h2-4,7-8H,1H3/t7-,8+,13-,14-/m0/s1. The van der Waals surface area contributed by atoms with Crippen LogP contribution in [0.15, 0.2) is 28.3 Å². The van der Waals surface area contributed by atoms with Crippen molar-refractivity contribution < 1.29 is 9.59 Å². The predicted octanol–water partition coefficient (Wildman–Crippen LogP) is 4.34. The highest BCUT2D eigenvalue weighted by molar-refractivity contribution is 6.67. The van der Waals surface area contributed by atoms with Gasteiger partial charge in [-0.2, -0.15) is 0 Å². The number of carbonyl (C=O) groups is 2. The van der Waals surface area contributed by atoms with E-state index in [9.17, 15) is 9.59 Å². The minimum atomic E-state index is -1.93. The fourth-order valence-electron chi connectivity index (χ4n) is 3.87. The Morgan fingerprint density at radius 2 is 1.44 bits per heavy atom. The molecule has 132 valence electrons. The van der Waals surface area contributed by atoms with E-state index in [4.69, 9.17) is 69.6 Å². The number of pyridine rings is 1. The van der Waals surface area contributed by atoms with Crippen molar-refractivity contribution in [2.24, 2.45) is 11.8 Å². The quantitative estimate of drug-likeness (QED) is 0.462. The van der Waals surface area contributed by atoms with E-state index in [1.807, 2.05) is 0 Å². The molecule has 0 spiro atoms. The molecule has 0 unspecified atom stereocenters. The lowest BCUT2D eigenvalue weighted by molar-refractivity contribution is -0.123. The second-order valence-electron chi connectivity index (χ2n) is 6.23. The van der Waals surface area contributed by atoms with Crippen LogP contribution < -0.4 is 4.90 Å². The zero-order valence-corrected chi connectivity index (χ0v) is 16.9. The molecule has 2 amide bonds. The molecule has 0 aromatic carbocycles. The summed E-state index contributed by atoms with van der Waals surface area (Å²) >= 11 is 38.5. The van der Waals surface area contributed by atoms with Crippen molar-refractivity contribution in [3.05, 3.63) is 34.0 Å². The second kappa shape index (κ2) is 5.18. The van der Waals surface area contributed by atoms with E-state index in [0.717, 1.165) is 4.90 Å². The van der Waals surface area contributed by atoms with Crippen molar-refractivity contribution in [3.8, 4) is 0 Å². The first-order valence-electron chi connectivity index (χ1n) is 7.14. The van der Waals surface area contributed by atoms with Crippen LogP contribution in [-0.2, 0) is 9.59 Å². The molecule has 4 atom stereocenters. The normalized spacial score (nSPS) is 38.8. The Labute approximate surface area is 172 Å². The van der Waals surface area contributed by atoms with Gasteiger partial charge >= 0.3 is 0 Å². The van der Waals surface area contributed by atoms with Crippen LogP contribution in [0.5, 0.6) is 0 Å². The largest absolute Gasteiger partial charge is 0.274 e. The summed E-state index contributed by atoms with van der Waals surface area (Å²) in [6.45, 7) is 1.74. The topological polar surface area (TPSA) is 50.3 Å². The van der Waals surface area contributed by atoms with Crippen molar-refractivity contribution in [1.29, 1.82) is 0 Å². The average Bonchev–Trinajstić information content (AvgIpc) is 2.92. The summed E-state index contributed by atoms with van der Waals surface area (Å²) in [5, 5.41) is -0.227. The molecule has 3 aliphatic rings. The molecule has 0 N–H and O–H groups in total. The number of carbonyl (C=O) groups excluding carboxylic acids is 2. The lowest BCUT2D eigenvalue weighted by Gasteiger charge is -2.34. The van der Waals surface area contributed by atoms with Crippen LogP contribution in [0, 0.1) is 18.8 Å². The number of alkyl halides is 4. The third-order valence-corrected chi connectivity index (χ3v) is 9.27.